The van der Waals surface area contributed by atoms with Gasteiger partial charge in [0.2, 0.25) is 0 Å². The summed E-state index contributed by atoms with van der Waals surface area (Å²) in [7, 11) is 3.04. The van der Waals surface area contributed by atoms with Gasteiger partial charge in [0.25, 0.3) is 0 Å². The molecule has 2 N–H and O–H groups in total. The van der Waals surface area contributed by atoms with Crippen molar-refractivity contribution in [1.82, 2.24) is 0 Å². The molecule has 0 aliphatic rings. The summed E-state index contributed by atoms with van der Waals surface area (Å²) in [4.78, 5) is 10.8. The Kier molecular flexibility index (Phi) is 5.43. The maximum Gasteiger partial charge on any atom is 0.335 e. The summed E-state index contributed by atoms with van der Waals surface area (Å²) < 4.78 is 10.4. The topological polar surface area (TPSA) is 80.2 Å². The molecule has 0 amide bonds. The van der Waals surface area contributed by atoms with Gasteiger partial charge in [-0.15, -0.1) is 0 Å². The zero-order valence-corrected chi connectivity index (χ0v) is 13.3. The lowest BCUT2D eigenvalue weighted by Crippen LogP contribution is -1.97. The molecule has 0 atom stereocenters. The largest absolute Gasteiger partial charge is 0.493 e. The SMILES string of the molecule is COc1ccc(C=NNc2ccc(C(=O)O)cc2)c(Cl)c1OC. The normalized spacial score (nSPS) is 10.6. The third-order valence-corrected chi connectivity index (χ3v) is 3.43. The van der Waals surface area contributed by atoms with Gasteiger partial charge in [-0.2, -0.15) is 5.10 Å². The van der Waals surface area contributed by atoms with Gasteiger partial charge in [0.05, 0.1) is 36.7 Å². The van der Waals surface area contributed by atoms with Gasteiger partial charge in [0.1, 0.15) is 0 Å². The summed E-state index contributed by atoms with van der Waals surface area (Å²) in [6.45, 7) is 0. The van der Waals surface area contributed by atoms with Crippen LogP contribution in [0.3, 0.4) is 0 Å². The van der Waals surface area contributed by atoms with E-state index in [1.807, 2.05) is 0 Å². The first-order valence-electron chi connectivity index (χ1n) is 6.59. The van der Waals surface area contributed by atoms with E-state index in [-0.39, 0.29) is 5.56 Å². The quantitative estimate of drug-likeness (QED) is 0.624. The maximum absolute atomic E-state index is 10.8. The van der Waals surface area contributed by atoms with E-state index in [0.29, 0.717) is 27.8 Å². The minimum absolute atomic E-state index is 0.211. The number of ether oxygens (including phenoxy) is 2. The molecule has 0 aromatic heterocycles. The molecule has 2 aromatic rings. The van der Waals surface area contributed by atoms with Crippen LogP contribution in [0.5, 0.6) is 11.5 Å². The molecule has 7 heteroatoms. The van der Waals surface area contributed by atoms with Crippen LogP contribution in [-0.2, 0) is 0 Å². The van der Waals surface area contributed by atoms with Gasteiger partial charge >= 0.3 is 5.97 Å². The van der Waals surface area contributed by atoms with E-state index in [0.717, 1.165) is 0 Å². The molecule has 0 unspecified atom stereocenters. The molecule has 0 aliphatic carbocycles. The molecule has 2 rings (SSSR count). The van der Waals surface area contributed by atoms with Gasteiger partial charge in [-0.1, -0.05) is 11.6 Å². The van der Waals surface area contributed by atoms with Crippen LogP contribution in [-0.4, -0.2) is 31.5 Å². The van der Waals surface area contributed by atoms with Crippen LogP contribution in [0.4, 0.5) is 5.69 Å². The summed E-state index contributed by atoms with van der Waals surface area (Å²) in [5.41, 5.74) is 4.32. The number of hydrogen-bond donors (Lipinski definition) is 2. The highest BCUT2D eigenvalue weighted by molar-refractivity contribution is 6.34. The molecule has 6 nitrogen and oxygen atoms in total. The number of carboxylic acid groups (broad SMARTS) is 1. The Labute approximate surface area is 138 Å². The fourth-order valence-corrected chi connectivity index (χ4v) is 2.15. The second-order valence-corrected chi connectivity index (χ2v) is 4.83. The highest BCUT2D eigenvalue weighted by atomic mass is 35.5. The lowest BCUT2D eigenvalue weighted by molar-refractivity contribution is 0.0697. The Morgan fingerprint density at radius 2 is 1.87 bits per heavy atom. The first kappa shape index (κ1) is 16.6. The number of hydrazone groups is 1. The summed E-state index contributed by atoms with van der Waals surface area (Å²) in [6.07, 6.45) is 1.54. The molecule has 0 saturated heterocycles. The Morgan fingerprint density at radius 1 is 1.17 bits per heavy atom. The average Bonchev–Trinajstić information content (AvgIpc) is 2.56. The van der Waals surface area contributed by atoms with E-state index < -0.39 is 5.97 Å². The predicted octanol–water partition coefficient (Wildman–Crippen LogP) is 3.50. The van der Waals surface area contributed by atoms with Crippen LogP contribution in [0.1, 0.15) is 15.9 Å². The van der Waals surface area contributed by atoms with E-state index in [1.54, 1.807) is 24.3 Å². The fraction of sp³-hybridized carbons (Fsp3) is 0.125. The van der Waals surface area contributed by atoms with Crippen molar-refractivity contribution < 1.29 is 19.4 Å². The molecule has 0 heterocycles. The summed E-state index contributed by atoms with van der Waals surface area (Å²) in [6, 6.07) is 9.71. The molecule has 0 radical (unpaired) electrons. The molecular formula is C16H15ClN2O4. The Bertz CT molecular complexity index is 730. The van der Waals surface area contributed by atoms with Crippen LogP contribution in [0.2, 0.25) is 5.02 Å². The second-order valence-electron chi connectivity index (χ2n) is 4.46. The van der Waals surface area contributed by atoms with Crippen molar-refractivity contribution in [2.24, 2.45) is 5.10 Å². The molecule has 120 valence electrons. The Balaban J connectivity index is 2.13. The molecule has 0 fully saturated rings. The van der Waals surface area contributed by atoms with Crippen LogP contribution in [0.15, 0.2) is 41.5 Å². The third-order valence-electron chi connectivity index (χ3n) is 3.04. The predicted molar refractivity (Wildman–Crippen MR) is 89.2 cm³/mol. The summed E-state index contributed by atoms with van der Waals surface area (Å²) >= 11 is 6.24. The van der Waals surface area contributed by atoms with E-state index in [9.17, 15) is 4.79 Å². The van der Waals surface area contributed by atoms with Crippen LogP contribution in [0.25, 0.3) is 0 Å². The number of aromatic carboxylic acids is 1. The third kappa shape index (κ3) is 3.92. The van der Waals surface area contributed by atoms with Crippen LogP contribution in [0, 0.1) is 0 Å². The number of benzene rings is 2. The highest BCUT2D eigenvalue weighted by Crippen LogP contribution is 2.36. The lowest BCUT2D eigenvalue weighted by Gasteiger charge is -2.10. The van der Waals surface area contributed by atoms with Gasteiger partial charge in [-0.05, 0) is 36.4 Å². The van der Waals surface area contributed by atoms with Crippen LogP contribution < -0.4 is 14.9 Å². The van der Waals surface area contributed by atoms with E-state index in [2.05, 4.69) is 10.5 Å². The smallest absolute Gasteiger partial charge is 0.335 e. The number of methoxy groups -OCH3 is 2. The first-order valence-corrected chi connectivity index (χ1v) is 6.97. The zero-order chi connectivity index (χ0) is 16.8. The Hall–Kier alpha value is -2.73. The van der Waals surface area contributed by atoms with Gasteiger partial charge in [-0.3, -0.25) is 5.43 Å². The van der Waals surface area contributed by atoms with Gasteiger partial charge in [-0.25, -0.2) is 4.79 Å². The van der Waals surface area contributed by atoms with E-state index in [1.165, 1.54) is 32.6 Å². The van der Waals surface area contributed by atoms with Gasteiger partial charge < -0.3 is 14.6 Å². The van der Waals surface area contributed by atoms with Crippen molar-refractivity contribution in [3.63, 3.8) is 0 Å². The minimum Gasteiger partial charge on any atom is -0.493 e. The number of carboxylic acids is 1. The number of rotatable bonds is 6. The first-order chi connectivity index (χ1) is 11.1. The van der Waals surface area contributed by atoms with Crippen molar-refractivity contribution in [2.75, 3.05) is 19.6 Å². The lowest BCUT2D eigenvalue weighted by atomic mass is 10.2. The van der Waals surface area contributed by atoms with Crippen molar-refractivity contribution in [3.05, 3.63) is 52.5 Å². The van der Waals surface area contributed by atoms with Crippen molar-refractivity contribution in [1.29, 1.82) is 0 Å². The second kappa shape index (κ2) is 7.51. The van der Waals surface area contributed by atoms with Crippen molar-refractivity contribution in [2.45, 2.75) is 0 Å². The molecule has 23 heavy (non-hydrogen) atoms. The van der Waals surface area contributed by atoms with Gasteiger partial charge in [0, 0.05) is 5.56 Å². The number of hydrogen-bond acceptors (Lipinski definition) is 5. The van der Waals surface area contributed by atoms with Crippen molar-refractivity contribution >= 4 is 29.5 Å². The minimum atomic E-state index is -0.975. The fourth-order valence-electron chi connectivity index (χ4n) is 1.87. The monoisotopic (exact) mass is 334 g/mol. The number of halogens is 1. The number of anilines is 1. The van der Waals surface area contributed by atoms with E-state index >= 15 is 0 Å². The molecule has 0 saturated carbocycles. The highest BCUT2D eigenvalue weighted by Gasteiger charge is 2.11. The zero-order valence-electron chi connectivity index (χ0n) is 12.5. The maximum atomic E-state index is 10.8. The Morgan fingerprint density at radius 3 is 2.43 bits per heavy atom. The number of nitrogens with zero attached hydrogens (tertiary/aromatic N) is 1. The molecule has 0 bridgehead atoms. The molecule has 0 spiro atoms. The summed E-state index contributed by atoms with van der Waals surface area (Å²) in [5.74, 6) is -0.00652. The van der Waals surface area contributed by atoms with Crippen LogP contribution >= 0.6 is 11.6 Å². The standard InChI is InChI=1S/C16H15ClN2O4/c1-22-13-8-5-11(14(17)15(13)23-2)9-18-19-12-6-3-10(4-7-12)16(20)21/h3-9,19H,1-2H3,(H,20,21). The average molecular weight is 335 g/mol. The molecule has 0 aliphatic heterocycles. The number of carbonyl (C=O) groups is 1. The van der Waals surface area contributed by atoms with Crippen molar-refractivity contribution in [3.8, 4) is 11.5 Å². The van der Waals surface area contributed by atoms with E-state index in [4.69, 9.17) is 26.2 Å². The molecule has 2 aromatic carbocycles. The molecular weight excluding hydrogens is 320 g/mol. The van der Waals surface area contributed by atoms with Gasteiger partial charge in [0.15, 0.2) is 11.5 Å². The summed E-state index contributed by atoms with van der Waals surface area (Å²) in [5, 5.41) is 13.3. The number of nitrogens with one attached hydrogen (secondary N) is 1.